The third-order valence-electron chi connectivity index (χ3n) is 4.58. The minimum absolute atomic E-state index is 0.169. The Morgan fingerprint density at radius 2 is 1.86 bits per heavy atom. The lowest BCUT2D eigenvalue weighted by atomic mass is 10.1. The van der Waals surface area contributed by atoms with Crippen LogP contribution in [0.5, 0.6) is 0 Å². The maximum Gasteiger partial charge on any atom is 0.262 e. The van der Waals surface area contributed by atoms with Crippen molar-refractivity contribution in [3.63, 3.8) is 0 Å². The van der Waals surface area contributed by atoms with E-state index in [-0.39, 0.29) is 12.1 Å². The van der Waals surface area contributed by atoms with Gasteiger partial charge in [-0.25, -0.2) is 0 Å². The molecule has 0 radical (unpaired) electrons. The van der Waals surface area contributed by atoms with Gasteiger partial charge in [-0.05, 0) is 48.1 Å². The van der Waals surface area contributed by atoms with Crippen LogP contribution in [0.15, 0.2) is 64.1 Å². The highest BCUT2D eigenvalue weighted by atomic mass is 35.5. The molecule has 1 amide bonds. The summed E-state index contributed by atoms with van der Waals surface area (Å²) >= 11 is 11.6. The van der Waals surface area contributed by atoms with E-state index in [4.69, 9.17) is 34.1 Å². The molecule has 0 spiro atoms. The van der Waals surface area contributed by atoms with Gasteiger partial charge in [0, 0.05) is 16.7 Å². The fraction of sp³-hybridized carbons (Fsp3) is 0.100. The van der Waals surface area contributed by atoms with Crippen LogP contribution in [0, 0.1) is 4.77 Å². The summed E-state index contributed by atoms with van der Waals surface area (Å²) in [5.41, 5.74) is 7.48. The zero-order valence-electron chi connectivity index (χ0n) is 15.0. The Balaban J connectivity index is 1.96. The first-order chi connectivity index (χ1) is 13.9. The molecular weight excluding hydrogens is 412 g/mol. The Bertz CT molecular complexity index is 1330. The molecule has 0 aliphatic heterocycles. The van der Waals surface area contributed by atoms with Crippen LogP contribution in [0.1, 0.15) is 21.6 Å². The molecule has 7 nitrogen and oxygen atoms in total. The van der Waals surface area contributed by atoms with Gasteiger partial charge in [-0.15, -0.1) is 0 Å². The number of nitrogens with zero attached hydrogens (tertiary/aromatic N) is 3. The van der Waals surface area contributed by atoms with Crippen LogP contribution >= 0.6 is 23.8 Å². The molecule has 9 heteroatoms. The first kappa shape index (κ1) is 19.1. The third-order valence-corrected chi connectivity index (χ3v) is 5.27. The van der Waals surface area contributed by atoms with E-state index >= 15 is 0 Å². The molecule has 0 unspecified atom stereocenters. The molecule has 0 bridgehead atoms. The van der Waals surface area contributed by atoms with E-state index in [1.165, 1.54) is 16.9 Å². The van der Waals surface area contributed by atoms with E-state index in [9.17, 15) is 9.59 Å². The number of fused-ring (bicyclic) bond motifs is 1. The molecule has 2 aromatic carbocycles. The molecule has 0 aliphatic carbocycles. The van der Waals surface area contributed by atoms with E-state index in [2.05, 4.69) is 5.16 Å². The van der Waals surface area contributed by atoms with Crippen molar-refractivity contribution in [3.05, 3.63) is 91.8 Å². The van der Waals surface area contributed by atoms with Gasteiger partial charge in [0.2, 0.25) is 5.91 Å². The Labute approximate surface area is 174 Å². The normalized spacial score (nSPS) is 11.1. The van der Waals surface area contributed by atoms with Gasteiger partial charge in [0.05, 0.1) is 24.0 Å². The predicted molar refractivity (Wildman–Crippen MR) is 112 cm³/mol. The highest BCUT2D eigenvalue weighted by Crippen LogP contribution is 2.18. The molecule has 4 rings (SSSR count). The van der Waals surface area contributed by atoms with E-state index in [1.54, 1.807) is 34.9 Å². The maximum atomic E-state index is 13.1. The van der Waals surface area contributed by atoms with Crippen molar-refractivity contribution in [2.45, 2.75) is 13.1 Å². The molecule has 0 fully saturated rings. The Hall–Kier alpha value is -3.23. The number of hydrogen-bond donors (Lipinski definition) is 1. The number of halogens is 1. The monoisotopic (exact) mass is 426 g/mol. The van der Waals surface area contributed by atoms with Crippen LogP contribution in [0.3, 0.4) is 0 Å². The molecule has 146 valence electrons. The van der Waals surface area contributed by atoms with Crippen LogP contribution in [0.25, 0.3) is 10.9 Å². The standard InChI is InChI=1S/C20H15ClN4O3S/c21-14-4-1-12(2-5-14)10-24-17-9-13(18(22)26)3-6-16(17)19(27)25(20(24)29)11-15-7-8-28-23-15/h1-9H,10-11H2,(H2,22,26). The van der Waals surface area contributed by atoms with E-state index < -0.39 is 5.91 Å². The van der Waals surface area contributed by atoms with Crippen LogP contribution < -0.4 is 11.3 Å². The number of primary amides is 1. The molecule has 2 N–H and O–H groups in total. The number of aromatic nitrogens is 3. The lowest BCUT2D eigenvalue weighted by Gasteiger charge is -2.16. The van der Waals surface area contributed by atoms with Crippen molar-refractivity contribution in [2.75, 3.05) is 0 Å². The average molecular weight is 427 g/mol. The van der Waals surface area contributed by atoms with Gasteiger partial charge in [-0.1, -0.05) is 28.9 Å². The van der Waals surface area contributed by atoms with Gasteiger partial charge in [0.25, 0.3) is 5.56 Å². The third kappa shape index (κ3) is 3.72. The number of rotatable bonds is 5. The Kier molecular flexibility index (Phi) is 5.04. The molecule has 4 aromatic rings. The summed E-state index contributed by atoms with van der Waals surface area (Å²) < 4.78 is 8.40. The number of amides is 1. The van der Waals surface area contributed by atoms with Crippen LogP contribution in [0.4, 0.5) is 0 Å². The molecule has 2 heterocycles. The minimum atomic E-state index is -0.581. The number of hydrogen-bond acceptors (Lipinski definition) is 5. The first-order valence-electron chi connectivity index (χ1n) is 8.65. The van der Waals surface area contributed by atoms with Crippen LogP contribution in [-0.2, 0) is 13.1 Å². The van der Waals surface area contributed by atoms with Gasteiger partial charge >= 0.3 is 0 Å². The Morgan fingerprint density at radius 3 is 2.52 bits per heavy atom. The second-order valence-electron chi connectivity index (χ2n) is 6.47. The van der Waals surface area contributed by atoms with Crippen molar-refractivity contribution in [1.29, 1.82) is 0 Å². The summed E-state index contributed by atoms with van der Waals surface area (Å²) in [7, 11) is 0. The molecule has 0 saturated heterocycles. The molecule has 29 heavy (non-hydrogen) atoms. The summed E-state index contributed by atoms with van der Waals surface area (Å²) in [6.07, 6.45) is 1.44. The van der Waals surface area contributed by atoms with E-state index in [0.717, 1.165) is 5.56 Å². The zero-order valence-corrected chi connectivity index (χ0v) is 16.6. The Morgan fingerprint density at radius 1 is 1.10 bits per heavy atom. The van der Waals surface area contributed by atoms with Gasteiger partial charge in [-0.3, -0.25) is 14.2 Å². The SMILES string of the molecule is NC(=O)c1ccc2c(=O)n(Cc3ccon3)c(=S)n(Cc3ccc(Cl)cc3)c2c1. The highest BCUT2D eigenvalue weighted by molar-refractivity contribution is 7.71. The lowest BCUT2D eigenvalue weighted by molar-refractivity contribution is 0.100. The van der Waals surface area contributed by atoms with Crippen molar-refractivity contribution < 1.29 is 9.32 Å². The first-order valence-corrected chi connectivity index (χ1v) is 9.43. The molecule has 0 saturated carbocycles. The maximum absolute atomic E-state index is 13.1. The molecule has 2 aromatic heterocycles. The number of carbonyl (C=O) groups is 1. The summed E-state index contributed by atoms with van der Waals surface area (Å²) in [6, 6.07) is 13.7. The van der Waals surface area contributed by atoms with Gasteiger partial charge < -0.3 is 14.8 Å². The largest absolute Gasteiger partial charge is 0.366 e. The van der Waals surface area contributed by atoms with Gasteiger partial charge in [0.15, 0.2) is 4.77 Å². The smallest absolute Gasteiger partial charge is 0.262 e. The summed E-state index contributed by atoms with van der Waals surface area (Å²) in [6.45, 7) is 0.552. The van der Waals surface area contributed by atoms with Crippen LogP contribution in [-0.4, -0.2) is 20.2 Å². The van der Waals surface area contributed by atoms with Crippen molar-refractivity contribution in [2.24, 2.45) is 5.73 Å². The fourth-order valence-electron chi connectivity index (χ4n) is 3.12. The van der Waals surface area contributed by atoms with Gasteiger partial charge in [-0.2, -0.15) is 0 Å². The van der Waals surface area contributed by atoms with Crippen molar-refractivity contribution in [3.8, 4) is 0 Å². The highest BCUT2D eigenvalue weighted by Gasteiger charge is 2.14. The molecular formula is C20H15ClN4O3S. The topological polar surface area (TPSA) is 96.1 Å². The minimum Gasteiger partial charge on any atom is -0.366 e. The number of benzene rings is 2. The molecule has 0 atom stereocenters. The van der Waals surface area contributed by atoms with Crippen molar-refractivity contribution >= 4 is 40.6 Å². The summed E-state index contributed by atoms with van der Waals surface area (Å²) in [4.78, 5) is 24.8. The van der Waals surface area contributed by atoms with Crippen LogP contribution in [0.2, 0.25) is 5.02 Å². The number of carbonyl (C=O) groups excluding carboxylic acids is 1. The molecule has 0 aliphatic rings. The second-order valence-corrected chi connectivity index (χ2v) is 7.28. The number of nitrogens with two attached hydrogens (primary N) is 1. The zero-order chi connectivity index (χ0) is 20.5. The van der Waals surface area contributed by atoms with Gasteiger partial charge in [0.1, 0.15) is 12.0 Å². The summed E-state index contributed by atoms with van der Waals surface area (Å²) in [5.74, 6) is -0.581. The van der Waals surface area contributed by atoms with Crippen molar-refractivity contribution in [1.82, 2.24) is 14.3 Å². The summed E-state index contributed by atoms with van der Waals surface area (Å²) in [5, 5.41) is 4.91. The lowest BCUT2D eigenvalue weighted by Crippen LogP contribution is -2.27. The second kappa shape index (κ2) is 7.65. The quantitative estimate of drug-likeness (QED) is 0.493. The van der Waals surface area contributed by atoms with E-state index in [0.29, 0.717) is 38.5 Å². The predicted octanol–water partition coefficient (Wildman–Crippen LogP) is 3.37. The van der Waals surface area contributed by atoms with E-state index in [1.807, 2.05) is 12.1 Å². The average Bonchev–Trinajstić information content (AvgIpc) is 3.22. The fourth-order valence-corrected chi connectivity index (χ4v) is 3.55.